The van der Waals surface area contributed by atoms with Crippen LogP contribution in [0.1, 0.15) is 85.6 Å². The summed E-state index contributed by atoms with van der Waals surface area (Å²) in [6.45, 7) is 12.6. The van der Waals surface area contributed by atoms with E-state index in [4.69, 9.17) is 46.7 Å². The van der Waals surface area contributed by atoms with E-state index in [0.29, 0.717) is 23.6 Å². The second-order valence-electron chi connectivity index (χ2n) is 23.1. The number of benzene rings is 5. The van der Waals surface area contributed by atoms with Gasteiger partial charge in [0.05, 0.1) is 52.4 Å². The lowest BCUT2D eigenvalue weighted by molar-refractivity contribution is -0.115. The second-order valence-corrected chi connectivity index (χ2v) is 29.0. The van der Waals surface area contributed by atoms with Gasteiger partial charge in [0.2, 0.25) is 11.9 Å². The number of anilines is 1. The van der Waals surface area contributed by atoms with Gasteiger partial charge in [0.1, 0.15) is 47.9 Å². The van der Waals surface area contributed by atoms with Crippen LogP contribution in [-0.2, 0) is 49.0 Å². The van der Waals surface area contributed by atoms with Gasteiger partial charge >= 0.3 is 14.3 Å². The Morgan fingerprint density at radius 1 is 0.747 bits per heavy atom. The molecule has 23 heteroatoms. The summed E-state index contributed by atoms with van der Waals surface area (Å²) in [5.74, 6) is 0.858. The third-order valence-electron chi connectivity index (χ3n) is 16.3. The summed E-state index contributed by atoms with van der Waals surface area (Å²) in [5, 5.41) is 5.85. The Morgan fingerprint density at radius 3 is 1.93 bits per heavy atom. The van der Waals surface area contributed by atoms with Gasteiger partial charge in [0, 0.05) is 31.1 Å². The van der Waals surface area contributed by atoms with Gasteiger partial charge in [-0.25, -0.2) is 9.78 Å². The highest BCUT2D eigenvalue weighted by Crippen LogP contribution is 2.51. The Hall–Kier alpha value is -7.47. The molecule has 3 aromatic heterocycles. The first-order chi connectivity index (χ1) is 41.9. The van der Waals surface area contributed by atoms with Crippen molar-refractivity contribution in [2.24, 2.45) is 0 Å². The number of carbonyl (C=O) groups excluding carboxylic acids is 1. The third kappa shape index (κ3) is 14.3. The Bertz CT molecular complexity index is 3720. The first kappa shape index (κ1) is 62.6. The number of rotatable bonds is 25. The number of aromatic nitrogens is 6. The molecule has 8 aromatic rings. The fourth-order valence-electron chi connectivity index (χ4n) is 10.6. The SMILES string of the molecule is CNC[C@@H](OP(OC[C@H]1O[C@@H](n2cc(C)c(=O)[nH]c2=O)C[C@@H]1O[Si](C)(C)C(C)(C)C)O[C@H]1C[C@H](n2cnc3c(=O)[nH]c(NC(=O)Cc4ccccc4)nc32)O[C@@H]1COC(c1ccccc1)(c1ccc(OC)cc1)c1ccc(OC)cc1)c1ccccc1. The number of nitrogens with zero attached hydrogens (tertiary/aromatic N) is 4. The fraction of sp³-hybridized carbons (Fsp3) is 0.375. The van der Waals surface area contributed by atoms with Crippen molar-refractivity contribution in [3.63, 3.8) is 0 Å². The number of hydrogen-bond donors (Lipinski definition) is 4. The predicted octanol–water partition coefficient (Wildman–Crippen LogP) is 9.76. The van der Waals surface area contributed by atoms with Crippen molar-refractivity contribution in [3.8, 4) is 11.5 Å². The van der Waals surface area contributed by atoms with Crippen LogP contribution in [0.5, 0.6) is 11.5 Å². The van der Waals surface area contributed by atoms with Gasteiger partial charge in [0.15, 0.2) is 19.5 Å². The highest BCUT2D eigenvalue weighted by Gasteiger charge is 2.48. The molecule has 0 spiro atoms. The number of ether oxygens (including phenoxy) is 5. The van der Waals surface area contributed by atoms with Crippen LogP contribution in [0.3, 0.4) is 0 Å². The molecule has 2 aliphatic rings. The van der Waals surface area contributed by atoms with Gasteiger partial charge in [-0.05, 0) is 84.2 Å². The van der Waals surface area contributed by atoms with Gasteiger partial charge in [-0.15, -0.1) is 0 Å². The average Bonchev–Trinajstić information content (AvgIpc) is 3.53. The zero-order valence-corrected chi connectivity index (χ0v) is 52.2. The number of fused-ring (bicyclic) bond motifs is 1. The highest BCUT2D eigenvalue weighted by molar-refractivity contribution is 7.41. The molecule has 87 heavy (non-hydrogen) atoms. The molecular formula is C64H75N8O13PSi. The molecule has 0 radical (unpaired) electrons. The fourth-order valence-corrected chi connectivity index (χ4v) is 13.2. The van der Waals surface area contributed by atoms with Crippen molar-refractivity contribution in [1.82, 2.24) is 34.4 Å². The van der Waals surface area contributed by atoms with Crippen molar-refractivity contribution in [1.29, 1.82) is 0 Å². The van der Waals surface area contributed by atoms with Crippen molar-refractivity contribution < 1.29 is 46.5 Å². The molecule has 8 atom stereocenters. The van der Waals surface area contributed by atoms with Crippen molar-refractivity contribution in [3.05, 3.63) is 217 Å². The molecule has 2 saturated heterocycles. The van der Waals surface area contributed by atoms with E-state index in [-0.39, 0.29) is 60.5 Å². The third-order valence-corrected chi connectivity index (χ3v) is 22.0. The number of methoxy groups -OCH3 is 2. The van der Waals surface area contributed by atoms with Gasteiger partial charge in [-0.3, -0.25) is 38.8 Å². The zero-order valence-electron chi connectivity index (χ0n) is 50.3. The molecule has 458 valence electrons. The van der Waals surface area contributed by atoms with Crippen LogP contribution in [0.15, 0.2) is 166 Å². The molecule has 2 fully saturated rings. The summed E-state index contributed by atoms with van der Waals surface area (Å²) >= 11 is 0. The summed E-state index contributed by atoms with van der Waals surface area (Å²) in [6, 6.07) is 44.3. The minimum absolute atomic E-state index is 0.0224. The van der Waals surface area contributed by atoms with Crippen LogP contribution in [-0.4, -0.2) is 109 Å². The summed E-state index contributed by atoms with van der Waals surface area (Å²) in [7, 11) is 0.209. The summed E-state index contributed by atoms with van der Waals surface area (Å²) in [5.41, 5.74) is 1.61. The smallest absolute Gasteiger partial charge is 0.333 e. The molecule has 0 aliphatic carbocycles. The normalized spacial score (nSPS) is 19.7. The minimum atomic E-state index is -2.49. The lowest BCUT2D eigenvalue weighted by atomic mass is 9.80. The average molecular weight is 1220 g/mol. The van der Waals surface area contributed by atoms with E-state index in [2.05, 4.69) is 59.5 Å². The van der Waals surface area contributed by atoms with Crippen LogP contribution in [0.25, 0.3) is 11.2 Å². The molecule has 1 amide bonds. The van der Waals surface area contributed by atoms with Crippen LogP contribution in [0, 0.1) is 6.92 Å². The first-order valence-corrected chi connectivity index (χ1v) is 32.9. The quantitative estimate of drug-likeness (QED) is 0.0236. The van der Waals surface area contributed by atoms with Gasteiger partial charge in [-0.2, -0.15) is 4.98 Å². The van der Waals surface area contributed by atoms with Crippen LogP contribution in [0.2, 0.25) is 18.1 Å². The number of amides is 1. The Morgan fingerprint density at radius 2 is 1.32 bits per heavy atom. The van der Waals surface area contributed by atoms with Crippen LogP contribution < -0.4 is 36.9 Å². The number of nitrogens with one attached hydrogen (secondary N) is 4. The molecule has 5 heterocycles. The topological polar surface area (TPSA) is 243 Å². The van der Waals surface area contributed by atoms with Crippen molar-refractivity contribution in [2.75, 3.05) is 46.3 Å². The second kappa shape index (κ2) is 27.3. The van der Waals surface area contributed by atoms with Gasteiger partial charge in [0.25, 0.3) is 11.1 Å². The molecule has 0 bridgehead atoms. The number of imidazole rings is 1. The number of carbonyl (C=O) groups is 1. The monoisotopic (exact) mass is 1220 g/mol. The molecular weight excluding hydrogens is 1150 g/mol. The summed E-state index contributed by atoms with van der Waals surface area (Å²) in [4.78, 5) is 67.5. The van der Waals surface area contributed by atoms with E-state index in [1.807, 2.05) is 147 Å². The van der Waals surface area contributed by atoms with Gasteiger partial charge < -0.3 is 47.0 Å². The van der Waals surface area contributed by atoms with E-state index >= 15 is 0 Å². The van der Waals surface area contributed by atoms with E-state index in [1.54, 1.807) is 25.7 Å². The highest BCUT2D eigenvalue weighted by atomic mass is 31.2. The van der Waals surface area contributed by atoms with E-state index < -0.39 is 82.3 Å². The lowest BCUT2D eigenvalue weighted by Crippen LogP contribution is -2.46. The van der Waals surface area contributed by atoms with Crippen molar-refractivity contribution in [2.45, 2.75) is 114 Å². The Balaban J connectivity index is 1.04. The molecule has 0 saturated carbocycles. The lowest BCUT2D eigenvalue weighted by Gasteiger charge is -2.39. The molecule has 10 rings (SSSR count). The predicted molar refractivity (Wildman–Crippen MR) is 332 cm³/mol. The molecule has 1 unspecified atom stereocenters. The van der Waals surface area contributed by atoms with E-state index in [9.17, 15) is 19.2 Å². The molecule has 5 aromatic carbocycles. The maximum Gasteiger partial charge on any atom is 0.333 e. The zero-order chi connectivity index (χ0) is 61.5. The van der Waals surface area contributed by atoms with Gasteiger partial charge in [-0.1, -0.05) is 136 Å². The van der Waals surface area contributed by atoms with Crippen LogP contribution >= 0.6 is 8.60 Å². The maximum absolute atomic E-state index is 13.8. The molecule has 21 nitrogen and oxygen atoms in total. The number of aryl methyl sites for hydroxylation is 1. The first-order valence-electron chi connectivity index (χ1n) is 28.9. The Kier molecular flexibility index (Phi) is 19.6. The number of likely N-dealkylation sites (N-methyl/N-ethyl adjacent to an activating group) is 1. The van der Waals surface area contributed by atoms with E-state index in [0.717, 1.165) is 27.8 Å². The minimum Gasteiger partial charge on any atom is -0.497 e. The maximum atomic E-state index is 13.8. The standard InChI is InChI=1S/C64H75N8O13PSi/c1-41-37-71(62(76)70-59(41)74)55-35-50(85-87(8,9)63(2,3)4)53(82-55)39-80-86(84-51(36-65-5)43-21-15-11-16-22-43)83-49-34-56(72-40-66-57-58(72)68-61(69-60(57)75)67-54(73)33-42-19-13-10-14-20-42)81-52(49)38-79-64(44-23-17-12-18-24-44,45-25-29-47(77-6)30-26-45)46-27-31-48(78-7)32-28-46/h10-32,37,40,49-53,55-56,65H,33-36,38-39H2,1-9H3,(H,70,74,76)(H2,67,68,69,73,75)/t49-,50-,51+,52+,53+,55+,56+,86?/m0/s1. The summed E-state index contributed by atoms with van der Waals surface area (Å²) in [6.07, 6.45) is -1.87. The molecule has 2 aliphatic heterocycles. The number of H-pyrrole nitrogens is 2. The molecule has 4 N–H and O–H groups in total. The van der Waals surface area contributed by atoms with Crippen molar-refractivity contribution >= 4 is 39.9 Å². The van der Waals surface area contributed by atoms with E-state index in [1.165, 1.54) is 17.1 Å². The van der Waals surface area contributed by atoms with Crippen LogP contribution in [0.4, 0.5) is 5.95 Å². The summed E-state index contributed by atoms with van der Waals surface area (Å²) < 4.78 is 64.1. The Labute approximate surface area is 506 Å². The number of aromatic amines is 2. The number of hydrogen-bond acceptors (Lipinski definition) is 16. The largest absolute Gasteiger partial charge is 0.497 e.